The summed E-state index contributed by atoms with van der Waals surface area (Å²) in [7, 11) is 0.807. The van der Waals surface area contributed by atoms with Crippen molar-refractivity contribution in [2.45, 2.75) is 19.4 Å². The molecule has 0 aliphatic heterocycles. The van der Waals surface area contributed by atoms with Crippen molar-refractivity contribution in [3.63, 3.8) is 0 Å². The van der Waals surface area contributed by atoms with Gasteiger partial charge in [-0.1, -0.05) is 30.3 Å². The molecule has 0 saturated heterocycles. The van der Waals surface area contributed by atoms with Crippen LogP contribution in [0.3, 0.4) is 0 Å². The van der Waals surface area contributed by atoms with Crippen LogP contribution in [-0.4, -0.2) is 10.5 Å². The molecule has 2 heteroatoms. The largest absolute Gasteiger partial charge is 0.424 e. The number of allylic oxidation sites excluding steroid dienone is 1. The van der Waals surface area contributed by atoms with Gasteiger partial charge < -0.3 is 4.43 Å². The molecule has 0 atom stereocenters. The Morgan fingerprint density at radius 2 is 2.00 bits per heavy atom. The molecule has 0 bridgehead atoms. The highest BCUT2D eigenvalue weighted by molar-refractivity contribution is 5.97. The maximum Gasteiger partial charge on any atom is 0.146 e. The van der Waals surface area contributed by atoms with Crippen LogP contribution in [0.2, 0.25) is 0 Å². The second kappa shape index (κ2) is 5.73. The van der Waals surface area contributed by atoms with Crippen LogP contribution >= 0.6 is 0 Å². The van der Waals surface area contributed by atoms with Gasteiger partial charge in [0.1, 0.15) is 10.5 Å². The Morgan fingerprint density at radius 3 is 2.62 bits per heavy atom. The molecular weight excluding hydrogens is 176 g/mol. The molecule has 0 aromatic heterocycles. The Balaban J connectivity index is 2.71. The zero-order valence-electron chi connectivity index (χ0n) is 8.12. The predicted octanol–water partition coefficient (Wildman–Crippen LogP) is 1.60. The molecule has 0 aliphatic carbocycles. The van der Waals surface area contributed by atoms with Gasteiger partial charge in [-0.3, -0.25) is 0 Å². The van der Waals surface area contributed by atoms with Crippen molar-refractivity contribution in [3.8, 4) is 0 Å². The lowest BCUT2D eigenvalue weighted by atomic mass is 10.0. The van der Waals surface area contributed by atoms with Crippen LogP contribution in [0.5, 0.6) is 0 Å². The maximum absolute atomic E-state index is 5.26. The van der Waals surface area contributed by atoms with Gasteiger partial charge in [-0.25, -0.2) is 0 Å². The number of rotatable bonds is 5. The van der Waals surface area contributed by atoms with E-state index in [1.165, 1.54) is 11.1 Å². The third-order valence-corrected chi connectivity index (χ3v) is 2.32. The van der Waals surface area contributed by atoms with Crippen LogP contribution in [-0.2, 0) is 17.5 Å². The summed E-state index contributed by atoms with van der Waals surface area (Å²) in [5, 5.41) is 0. The smallest absolute Gasteiger partial charge is 0.146 e. The van der Waals surface area contributed by atoms with Gasteiger partial charge in [0.05, 0.1) is 6.61 Å². The molecule has 1 nitrogen and oxygen atoms in total. The van der Waals surface area contributed by atoms with Crippen LogP contribution in [0.1, 0.15) is 17.5 Å². The van der Waals surface area contributed by atoms with Gasteiger partial charge in [0.2, 0.25) is 0 Å². The summed E-state index contributed by atoms with van der Waals surface area (Å²) in [5.41, 5.74) is 2.71. The molecule has 0 spiro atoms. The summed E-state index contributed by atoms with van der Waals surface area (Å²) < 4.78 is 5.26. The molecule has 0 aliphatic rings. The van der Waals surface area contributed by atoms with Crippen molar-refractivity contribution in [2.75, 3.05) is 0 Å². The van der Waals surface area contributed by atoms with Gasteiger partial charge in [-0.2, -0.15) is 0 Å². The van der Waals surface area contributed by atoms with Crippen molar-refractivity contribution in [2.24, 2.45) is 0 Å². The Morgan fingerprint density at radius 1 is 1.31 bits per heavy atom. The van der Waals surface area contributed by atoms with Gasteiger partial charge in [-0.05, 0) is 24.0 Å². The normalized spacial score (nSPS) is 10.2. The Labute approximate surface area is 83.0 Å². The van der Waals surface area contributed by atoms with Gasteiger partial charge >= 0.3 is 0 Å². The Hall–Kier alpha value is -0.863. The SMILES string of the molecule is C=CCCc1ccccc1CO[SiH3]. The van der Waals surface area contributed by atoms with E-state index in [4.69, 9.17) is 4.43 Å². The second-order valence-corrected chi connectivity index (χ2v) is 3.61. The molecule has 1 aromatic carbocycles. The molecule has 1 rings (SSSR count). The number of hydrogen-bond acceptors (Lipinski definition) is 1. The lowest BCUT2D eigenvalue weighted by molar-refractivity contribution is 0.337. The molecule has 0 saturated carbocycles. The van der Waals surface area contributed by atoms with Crippen molar-refractivity contribution in [1.29, 1.82) is 0 Å². The fraction of sp³-hybridized carbons (Fsp3) is 0.273. The second-order valence-electron chi connectivity index (χ2n) is 3.03. The highest BCUT2D eigenvalue weighted by atomic mass is 28.2. The first kappa shape index (κ1) is 10.2. The Bertz CT molecular complexity index is 271. The molecule has 13 heavy (non-hydrogen) atoms. The van der Waals surface area contributed by atoms with Crippen LogP contribution in [0, 0.1) is 0 Å². The third-order valence-electron chi connectivity index (χ3n) is 2.04. The zero-order valence-corrected chi connectivity index (χ0v) is 10.1. The lowest BCUT2D eigenvalue weighted by Crippen LogP contribution is -1.95. The summed E-state index contributed by atoms with van der Waals surface area (Å²) in [5.74, 6) is 0. The summed E-state index contributed by atoms with van der Waals surface area (Å²) in [6.07, 6.45) is 4.07. The predicted molar refractivity (Wildman–Crippen MR) is 59.7 cm³/mol. The minimum Gasteiger partial charge on any atom is -0.424 e. The van der Waals surface area contributed by atoms with Crippen molar-refractivity contribution >= 4 is 10.5 Å². The van der Waals surface area contributed by atoms with Crippen LogP contribution in [0.25, 0.3) is 0 Å². The van der Waals surface area contributed by atoms with E-state index in [0.29, 0.717) is 0 Å². The van der Waals surface area contributed by atoms with E-state index in [1.807, 2.05) is 6.08 Å². The van der Waals surface area contributed by atoms with E-state index in [2.05, 4.69) is 30.8 Å². The first-order chi connectivity index (χ1) is 6.38. The summed E-state index contributed by atoms with van der Waals surface area (Å²) in [6.45, 7) is 4.49. The lowest BCUT2D eigenvalue weighted by Gasteiger charge is -2.07. The number of benzene rings is 1. The highest BCUT2D eigenvalue weighted by Gasteiger charge is 1.98. The number of aryl methyl sites for hydroxylation is 1. The van der Waals surface area contributed by atoms with Gasteiger partial charge in [0, 0.05) is 0 Å². The quantitative estimate of drug-likeness (QED) is 0.509. The molecule has 0 radical (unpaired) electrons. The molecule has 0 fully saturated rings. The minimum absolute atomic E-state index is 0.763. The molecule has 0 heterocycles. The summed E-state index contributed by atoms with van der Waals surface area (Å²) in [4.78, 5) is 0. The van der Waals surface area contributed by atoms with Crippen LogP contribution in [0.15, 0.2) is 36.9 Å². The van der Waals surface area contributed by atoms with Crippen molar-refractivity contribution in [3.05, 3.63) is 48.0 Å². The van der Waals surface area contributed by atoms with E-state index in [0.717, 1.165) is 29.9 Å². The van der Waals surface area contributed by atoms with E-state index in [-0.39, 0.29) is 0 Å². The summed E-state index contributed by atoms with van der Waals surface area (Å²) in [6, 6.07) is 8.44. The standard InChI is InChI=1S/C11H16OSi/c1-2-3-6-10-7-4-5-8-11(10)9-12-13/h2,4-5,7-8H,1,3,6,9H2,13H3. The van der Waals surface area contributed by atoms with Crippen molar-refractivity contribution < 1.29 is 4.43 Å². The maximum atomic E-state index is 5.26. The van der Waals surface area contributed by atoms with Crippen LogP contribution in [0.4, 0.5) is 0 Å². The van der Waals surface area contributed by atoms with Gasteiger partial charge in [-0.15, -0.1) is 6.58 Å². The molecule has 70 valence electrons. The average molecular weight is 192 g/mol. The van der Waals surface area contributed by atoms with E-state index in [1.54, 1.807) is 0 Å². The van der Waals surface area contributed by atoms with Crippen LogP contribution < -0.4 is 0 Å². The van der Waals surface area contributed by atoms with Gasteiger partial charge in [0.25, 0.3) is 0 Å². The molecule has 1 aromatic rings. The fourth-order valence-corrected chi connectivity index (χ4v) is 1.67. The fourth-order valence-electron chi connectivity index (χ4n) is 1.36. The number of hydrogen-bond donors (Lipinski definition) is 0. The first-order valence-corrected chi connectivity index (χ1v) is 5.36. The average Bonchev–Trinajstić information content (AvgIpc) is 2.17. The topological polar surface area (TPSA) is 9.23 Å². The summed E-state index contributed by atoms with van der Waals surface area (Å²) >= 11 is 0. The third kappa shape index (κ3) is 3.17. The Kier molecular flexibility index (Phi) is 4.50. The van der Waals surface area contributed by atoms with E-state index in [9.17, 15) is 0 Å². The van der Waals surface area contributed by atoms with Crippen molar-refractivity contribution in [1.82, 2.24) is 0 Å². The van der Waals surface area contributed by atoms with E-state index < -0.39 is 0 Å². The van der Waals surface area contributed by atoms with Gasteiger partial charge in [0.15, 0.2) is 0 Å². The van der Waals surface area contributed by atoms with E-state index >= 15 is 0 Å². The molecule has 0 N–H and O–H groups in total. The monoisotopic (exact) mass is 192 g/mol. The zero-order chi connectivity index (χ0) is 9.52. The first-order valence-electron chi connectivity index (χ1n) is 4.55. The highest BCUT2D eigenvalue weighted by Crippen LogP contribution is 2.11. The molecule has 0 amide bonds. The molecular formula is C11H16OSi. The molecule has 0 unspecified atom stereocenters. The minimum atomic E-state index is 0.763.